The Morgan fingerprint density at radius 1 is 1.38 bits per heavy atom. The van der Waals surface area contributed by atoms with Crippen molar-refractivity contribution in [2.24, 2.45) is 0 Å². The normalized spacial score (nSPS) is 17.6. The zero-order valence-electron chi connectivity index (χ0n) is 11.9. The van der Waals surface area contributed by atoms with Gasteiger partial charge in [-0.15, -0.1) is 0 Å². The molecule has 0 spiro atoms. The molecule has 1 aromatic heterocycles. The van der Waals surface area contributed by atoms with E-state index in [1.54, 1.807) is 7.11 Å². The fourth-order valence-electron chi connectivity index (χ4n) is 2.85. The second-order valence-corrected chi connectivity index (χ2v) is 6.01. The van der Waals surface area contributed by atoms with Gasteiger partial charge in [-0.1, -0.05) is 11.6 Å². The fraction of sp³-hybridized carbons (Fsp3) is 0.438. The van der Waals surface area contributed by atoms with Crippen molar-refractivity contribution in [3.8, 4) is 5.75 Å². The van der Waals surface area contributed by atoms with Gasteiger partial charge in [-0.3, -0.25) is 0 Å². The highest BCUT2D eigenvalue weighted by molar-refractivity contribution is 6.36. The monoisotopic (exact) mass is 304 g/mol. The molecule has 1 aromatic carbocycles. The van der Waals surface area contributed by atoms with Gasteiger partial charge in [-0.05, 0) is 25.0 Å². The van der Waals surface area contributed by atoms with Crippen LogP contribution in [0.15, 0.2) is 12.1 Å². The van der Waals surface area contributed by atoms with E-state index in [0.29, 0.717) is 17.7 Å². The molecule has 0 bridgehead atoms. The highest BCUT2D eigenvalue weighted by atomic mass is 35.5. The number of aromatic nitrogens is 1. The number of nitrogens with one attached hydrogen (secondary N) is 1. The summed E-state index contributed by atoms with van der Waals surface area (Å²) in [6.07, 6.45) is 3.25. The minimum atomic E-state index is 0.545. The van der Waals surface area contributed by atoms with Crippen LogP contribution >= 0.6 is 11.6 Å². The van der Waals surface area contributed by atoms with Gasteiger partial charge in [0.15, 0.2) is 0 Å². The van der Waals surface area contributed by atoms with E-state index in [4.69, 9.17) is 26.1 Å². The Kier molecular flexibility index (Phi) is 3.16. The topological polar surface area (TPSA) is 43.4 Å². The molecule has 110 valence electrons. The summed E-state index contributed by atoms with van der Waals surface area (Å²) in [5.41, 5.74) is 4.17. The second kappa shape index (κ2) is 5.04. The average molecular weight is 305 g/mol. The van der Waals surface area contributed by atoms with Crippen LogP contribution in [0.1, 0.15) is 24.1 Å². The van der Waals surface area contributed by atoms with E-state index in [2.05, 4.69) is 5.32 Å². The summed E-state index contributed by atoms with van der Waals surface area (Å²) in [6.45, 7) is 1.32. The SMILES string of the molecule is COc1ccc(Cl)c2c(NC3CC3)c3c(nc12)CCOC3. The Labute approximate surface area is 128 Å². The van der Waals surface area contributed by atoms with Gasteiger partial charge in [0.1, 0.15) is 11.3 Å². The van der Waals surface area contributed by atoms with Crippen molar-refractivity contribution in [2.75, 3.05) is 19.0 Å². The first-order valence-corrected chi connectivity index (χ1v) is 7.68. The molecule has 0 atom stereocenters. The van der Waals surface area contributed by atoms with Crippen LogP contribution in [0.3, 0.4) is 0 Å². The van der Waals surface area contributed by atoms with Gasteiger partial charge in [0.25, 0.3) is 0 Å². The zero-order chi connectivity index (χ0) is 14.4. The summed E-state index contributed by atoms with van der Waals surface area (Å²) in [5.74, 6) is 0.766. The quantitative estimate of drug-likeness (QED) is 0.942. The molecule has 2 heterocycles. The van der Waals surface area contributed by atoms with Crippen LogP contribution in [0.4, 0.5) is 5.69 Å². The highest BCUT2D eigenvalue weighted by Gasteiger charge is 2.27. The minimum absolute atomic E-state index is 0.545. The molecule has 1 aliphatic carbocycles. The van der Waals surface area contributed by atoms with Crippen LogP contribution in [0, 0.1) is 0 Å². The van der Waals surface area contributed by atoms with Crippen molar-refractivity contribution in [1.82, 2.24) is 4.98 Å². The van der Waals surface area contributed by atoms with Gasteiger partial charge in [-0.2, -0.15) is 0 Å². The maximum atomic E-state index is 6.46. The summed E-state index contributed by atoms with van der Waals surface area (Å²) in [6, 6.07) is 4.30. The summed E-state index contributed by atoms with van der Waals surface area (Å²) in [5, 5.41) is 5.27. The molecule has 5 heteroatoms. The van der Waals surface area contributed by atoms with E-state index in [1.165, 1.54) is 12.8 Å². The molecule has 0 radical (unpaired) electrons. The Morgan fingerprint density at radius 2 is 2.24 bits per heavy atom. The van der Waals surface area contributed by atoms with E-state index < -0.39 is 0 Å². The van der Waals surface area contributed by atoms with Crippen molar-refractivity contribution in [1.29, 1.82) is 0 Å². The number of fused-ring (bicyclic) bond motifs is 2. The molecule has 1 fully saturated rings. The molecule has 1 N–H and O–H groups in total. The molecule has 4 rings (SSSR count). The lowest BCUT2D eigenvalue weighted by Crippen LogP contribution is -2.16. The molecule has 1 saturated carbocycles. The standard InChI is InChI=1S/C16H17ClN2O2/c1-20-13-5-4-11(17)14-15(18-9-2-3-9)10-8-21-7-6-12(10)19-16(13)14/h4-5,9H,2-3,6-8H2,1H3,(H,18,19). The Balaban J connectivity index is 2.02. The van der Waals surface area contributed by atoms with Gasteiger partial charge in [0.05, 0.1) is 36.7 Å². The minimum Gasteiger partial charge on any atom is -0.494 e. The van der Waals surface area contributed by atoms with Crippen LogP contribution in [0.5, 0.6) is 5.75 Å². The van der Waals surface area contributed by atoms with Gasteiger partial charge in [-0.25, -0.2) is 4.98 Å². The largest absolute Gasteiger partial charge is 0.494 e. The first kappa shape index (κ1) is 13.2. The third kappa shape index (κ3) is 2.23. The molecule has 0 unspecified atom stereocenters. The Morgan fingerprint density at radius 3 is 3.00 bits per heavy atom. The van der Waals surface area contributed by atoms with Gasteiger partial charge >= 0.3 is 0 Å². The van der Waals surface area contributed by atoms with Crippen LogP contribution in [-0.4, -0.2) is 24.7 Å². The molecule has 2 aliphatic rings. The highest BCUT2D eigenvalue weighted by Crippen LogP contribution is 2.41. The van der Waals surface area contributed by atoms with Crippen molar-refractivity contribution in [2.45, 2.75) is 31.9 Å². The Bertz CT molecular complexity index is 713. The van der Waals surface area contributed by atoms with E-state index in [1.807, 2.05) is 12.1 Å². The molecule has 21 heavy (non-hydrogen) atoms. The third-order valence-electron chi connectivity index (χ3n) is 4.11. The van der Waals surface area contributed by atoms with Crippen LogP contribution < -0.4 is 10.1 Å². The zero-order valence-corrected chi connectivity index (χ0v) is 12.7. The maximum absolute atomic E-state index is 6.46. The number of hydrogen-bond donors (Lipinski definition) is 1. The predicted molar refractivity (Wildman–Crippen MR) is 83.3 cm³/mol. The average Bonchev–Trinajstić information content (AvgIpc) is 3.31. The van der Waals surface area contributed by atoms with Crippen LogP contribution in [0.25, 0.3) is 10.9 Å². The number of methoxy groups -OCH3 is 1. The Hall–Kier alpha value is -1.52. The lowest BCUT2D eigenvalue weighted by molar-refractivity contribution is 0.110. The molecule has 1 aliphatic heterocycles. The number of nitrogens with zero attached hydrogens (tertiary/aromatic N) is 1. The van der Waals surface area contributed by atoms with Crippen LogP contribution in [-0.2, 0) is 17.8 Å². The third-order valence-corrected chi connectivity index (χ3v) is 4.43. The molecule has 4 nitrogen and oxygen atoms in total. The van der Waals surface area contributed by atoms with Gasteiger partial charge in [0.2, 0.25) is 0 Å². The number of halogens is 1. The molecule has 0 saturated heterocycles. The number of benzene rings is 1. The van der Waals surface area contributed by atoms with E-state index in [0.717, 1.165) is 46.6 Å². The van der Waals surface area contributed by atoms with E-state index in [-0.39, 0.29) is 0 Å². The summed E-state index contributed by atoms with van der Waals surface area (Å²) in [4.78, 5) is 4.81. The molecule has 2 aromatic rings. The summed E-state index contributed by atoms with van der Waals surface area (Å²) in [7, 11) is 1.67. The summed E-state index contributed by atoms with van der Waals surface area (Å²) < 4.78 is 11.1. The molecule has 0 amide bonds. The van der Waals surface area contributed by atoms with Crippen molar-refractivity contribution < 1.29 is 9.47 Å². The fourth-order valence-corrected chi connectivity index (χ4v) is 3.10. The van der Waals surface area contributed by atoms with Gasteiger partial charge in [0, 0.05) is 23.4 Å². The van der Waals surface area contributed by atoms with E-state index in [9.17, 15) is 0 Å². The number of anilines is 1. The number of hydrogen-bond acceptors (Lipinski definition) is 4. The van der Waals surface area contributed by atoms with Crippen molar-refractivity contribution >= 4 is 28.2 Å². The smallest absolute Gasteiger partial charge is 0.145 e. The van der Waals surface area contributed by atoms with Crippen molar-refractivity contribution in [3.63, 3.8) is 0 Å². The van der Waals surface area contributed by atoms with E-state index >= 15 is 0 Å². The summed E-state index contributed by atoms with van der Waals surface area (Å²) >= 11 is 6.46. The molecular weight excluding hydrogens is 288 g/mol. The van der Waals surface area contributed by atoms with Gasteiger partial charge < -0.3 is 14.8 Å². The number of ether oxygens (including phenoxy) is 2. The predicted octanol–water partition coefficient (Wildman–Crippen LogP) is 3.54. The van der Waals surface area contributed by atoms with Crippen LogP contribution in [0.2, 0.25) is 5.02 Å². The first-order valence-electron chi connectivity index (χ1n) is 7.30. The first-order chi connectivity index (χ1) is 10.3. The lowest BCUT2D eigenvalue weighted by atomic mass is 10.0. The lowest BCUT2D eigenvalue weighted by Gasteiger charge is -2.23. The maximum Gasteiger partial charge on any atom is 0.145 e. The number of pyridine rings is 1. The number of rotatable bonds is 3. The van der Waals surface area contributed by atoms with Crippen molar-refractivity contribution in [3.05, 3.63) is 28.4 Å². The molecular formula is C16H17ClN2O2. The second-order valence-electron chi connectivity index (χ2n) is 5.61.